The molecule has 2 N–H and O–H groups in total. The standard InChI is InChI=1S/C14H12F3NO2S/c15-11-4-9(7-18)3-10(5-11)8-21(19,20)12-1-2-13(16)14(17)6-12/h1-6H,7-8,18H2. The molecular weight excluding hydrogens is 303 g/mol. The molecule has 0 saturated heterocycles. The summed E-state index contributed by atoms with van der Waals surface area (Å²) in [5.41, 5.74) is 6.04. The summed E-state index contributed by atoms with van der Waals surface area (Å²) in [5.74, 6) is -3.51. The van der Waals surface area contributed by atoms with Crippen LogP contribution in [0.5, 0.6) is 0 Å². The second kappa shape index (κ2) is 5.87. The van der Waals surface area contributed by atoms with E-state index in [1.165, 1.54) is 12.1 Å². The molecule has 112 valence electrons. The van der Waals surface area contributed by atoms with Crippen LogP contribution in [0.4, 0.5) is 13.2 Å². The minimum absolute atomic E-state index is 0.0655. The molecule has 0 unspecified atom stereocenters. The van der Waals surface area contributed by atoms with Gasteiger partial charge in [0.2, 0.25) is 0 Å². The number of halogens is 3. The Morgan fingerprint density at radius 1 is 0.905 bits per heavy atom. The third kappa shape index (κ3) is 3.62. The van der Waals surface area contributed by atoms with E-state index in [9.17, 15) is 21.6 Å². The first-order valence-electron chi connectivity index (χ1n) is 5.98. The second-order valence-corrected chi connectivity index (χ2v) is 6.50. The zero-order chi connectivity index (χ0) is 15.6. The van der Waals surface area contributed by atoms with Crippen LogP contribution >= 0.6 is 0 Å². The van der Waals surface area contributed by atoms with E-state index in [1.807, 2.05) is 0 Å². The predicted octanol–water partition coefficient (Wildman–Crippen LogP) is 2.54. The summed E-state index contributed by atoms with van der Waals surface area (Å²) >= 11 is 0. The Kier molecular flexibility index (Phi) is 4.34. The molecule has 0 amide bonds. The summed E-state index contributed by atoms with van der Waals surface area (Å²) < 4.78 is 63.6. The van der Waals surface area contributed by atoms with E-state index in [4.69, 9.17) is 5.73 Å². The highest BCUT2D eigenvalue weighted by Crippen LogP contribution is 2.20. The molecular formula is C14H12F3NO2S. The minimum Gasteiger partial charge on any atom is -0.326 e. The minimum atomic E-state index is -3.91. The monoisotopic (exact) mass is 315 g/mol. The summed E-state index contributed by atoms with van der Waals surface area (Å²) in [4.78, 5) is -0.361. The van der Waals surface area contributed by atoms with Crippen LogP contribution in [0, 0.1) is 17.5 Å². The van der Waals surface area contributed by atoms with Crippen molar-refractivity contribution in [1.82, 2.24) is 0 Å². The molecule has 0 saturated carbocycles. The van der Waals surface area contributed by atoms with Crippen molar-refractivity contribution >= 4 is 9.84 Å². The van der Waals surface area contributed by atoms with E-state index in [-0.39, 0.29) is 17.0 Å². The van der Waals surface area contributed by atoms with Crippen LogP contribution in [-0.2, 0) is 22.1 Å². The maximum absolute atomic E-state index is 13.3. The van der Waals surface area contributed by atoms with Gasteiger partial charge in [-0.25, -0.2) is 21.6 Å². The first kappa shape index (κ1) is 15.5. The Labute approximate surface area is 120 Å². The Balaban J connectivity index is 2.37. The molecule has 0 atom stereocenters. The van der Waals surface area contributed by atoms with E-state index >= 15 is 0 Å². The molecule has 0 aliphatic rings. The van der Waals surface area contributed by atoms with E-state index in [0.717, 1.165) is 18.2 Å². The highest BCUT2D eigenvalue weighted by molar-refractivity contribution is 7.90. The Morgan fingerprint density at radius 2 is 1.57 bits per heavy atom. The Bertz CT molecular complexity index is 776. The van der Waals surface area contributed by atoms with Crippen molar-refractivity contribution in [3.63, 3.8) is 0 Å². The molecule has 2 aromatic rings. The molecule has 0 aromatic heterocycles. The first-order chi connectivity index (χ1) is 9.81. The quantitative estimate of drug-likeness (QED) is 0.882. The molecule has 0 heterocycles. The van der Waals surface area contributed by atoms with Crippen LogP contribution < -0.4 is 5.73 Å². The third-order valence-electron chi connectivity index (χ3n) is 2.86. The zero-order valence-electron chi connectivity index (χ0n) is 10.8. The lowest BCUT2D eigenvalue weighted by molar-refractivity contribution is 0.504. The first-order valence-corrected chi connectivity index (χ1v) is 7.63. The topological polar surface area (TPSA) is 60.2 Å². The molecule has 3 nitrogen and oxygen atoms in total. The van der Waals surface area contributed by atoms with Gasteiger partial charge >= 0.3 is 0 Å². The van der Waals surface area contributed by atoms with Crippen LogP contribution in [0.25, 0.3) is 0 Å². The van der Waals surface area contributed by atoms with E-state index in [2.05, 4.69) is 0 Å². The highest BCUT2D eigenvalue weighted by Gasteiger charge is 2.18. The van der Waals surface area contributed by atoms with Crippen molar-refractivity contribution < 1.29 is 21.6 Å². The number of sulfone groups is 1. The third-order valence-corrected chi connectivity index (χ3v) is 4.55. The van der Waals surface area contributed by atoms with Gasteiger partial charge in [0.25, 0.3) is 0 Å². The predicted molar refractivity (Wildman–Crippen MR) is 71.5 cm³/mol. The number of nitrogens with two attached hydrogens (primary N) is 1. The van der Waals surface area contributed by atoms with E-state index < -0.39 is 33.0 Å². The van der Waals surface area contributed by atoms with Gasteiger partial charge in [-0.1, -0.05) is 6.07 Å². The summed E-state index contributed by atoms with van der Waals surface area (Å²) in [7, 11) is -3.91. The van der Waals surface area contributed by atoms with Crippen molar-refractivity contribution in [2.75, 3.05) is 0 Å². The van der Waals surface area contributed by atoms with Gasteiger partial charge in [-0.15, -0.1) is 0 Å². The maximum atomic E-state index is 13.3. The van der Waals surface area contributed by atoms with Gasteiger partial charge in [-0.2, -0.15) is 0 Å². The van der Waals surface area contributed by atoms with Crippen molar-refractivity contribution in [2.45, 2.75) is 17.2 Å². The van der Waals surface area contributed by atoms with Gasteiger partial charge in [-0.05, 0) is 41.5 Å². The van der Waals surface area contributed by atoms with Gasteiger partial charge in [0, 0.05) is 6.54 Å². The smallest absolute Gasteiger partial charge is 0.182 e. The van der Waals surface area contributed by atoms with Crippen molar-refractivity contribution in [3.05, 3.63) is 65.0 Å². The average molecular weight is 315 g/mol. The normalized spacial score (nSPS) is 11.6. The van der Waals surface area contributed by atoms with Crippen LogP contribution in [-0.4, -0.2) is 8.42 Å². The zero-order valence-corrected chi connectivity index (χ0v) is 11.6. The second-order valence-electron chi connectivity index (χ2n) is 4.51. The van der Waals surface area contributed by atoms with Gasteiger partial charge < -0.3 is 5.73 Å². The van der Waals surface area contributed by atoms with Crippen LogP contribution in [0.3, 0.4) is 0 Å². The van der Waals surface area contributed by atoms with Gasteiger partial charge in [0.05, 0.1) is 10.6 Å². The van der Waals surface area contributed by atoms with E-state index in [1.54, 1.807) is 0 Å². The molecule has 0 radical (unpaired) electrons. The van der Waals surface area contributed by atoms with Crippen molar-refractivity contribution in [3.8, 4) is 0 Å². The molecule has 0 fully saturated rings. The molecule has 21 heavy (non-hydrogen) atoms. The lowest BCUT2D eigenvalue weighted by Crippen LogP contribution is -2.07. The van der Waals surface area contributed by atoms with Gasteiger partial charge in [0.1, 0.15) is 5.82 Å². The van der Waals surface area contributed by atoms with Crippen molar-refractivity contribution in [1.29, 1.82) is 0 Å². The SMILES string of the molecule is NCc1cc(F)cc(CS(=O)(=O)c2ccc(F)c(F)c2)c1. The van der Waals surface area contributed by atoms with Gasteiger partial charge in [0.15, 0.2) is 21.5 Å². The summed E-state index contributed by atoms with van der Waals surface area (Å²) in [6, 6.07) is 6.04. The molecule has 0 aliphatic carbocycles. The van der Waals surface area contributed by atoms with Crippen LogP contribution in [0.15, 0.2) is 41.3 Å². The fourth-order valence-corrected chi connectivity index (χ4v) is 3.22. The van der Waals surface area contributed by atoms with Crippen molar-refractivity contribution in [2.24, 2.45) is 5.73 Å². The van der Waals surface area contributed by atoms with Crippen LogP contribution in [0.1, 0.15) is 11.1 Å². The molecule has 0 spiro atoms. The molecule has 7 heteroatoms. The molecule has 2 aromatic carbocycles. The van der Waals surface area contributed by atoms with Crippen LogP contribution in [0.2, 0.25) is 0 Å². The number of rotatable bonds is 4. The van der Waals surface area contributed by atoms with Gasteiger partial charge in [-0.3, -0.25) is 0 Å². The highest BCUT2D eigenvalue weighted by atomic mass is 32.2. The molecule has 2 rings (SSSR count). The fourth-order valence-electron chi connectivity index (χ4n) is 1.89. The average Bonchev–Trinajstić information content (AvgIpc) is 2.40. The van der Waals surface area contributed by atoms with E-state index in [0.29, 0.717) is 11.6 Å². The summed E-state index contributed by atoms with van der Waals surface area (Å²) in [5, 5.41) is 0. The summed E-state index contributed by atoms with van der Waals surface area (Å²) in [6.07, 6.45) is 0. The maximum Gasteiger partial charge on any atom is 0.182 e. The summed E-state index contributed by atoms with van der Waals surface area (Å²) in [6.45, 7) is 0.0655. The fraction of sp³-hybridized carbons (Fsp3) is 0.143. The largest absolute Gasteiger partial charge is 0.326 e. The lowest BCUT2D eigenvalue weighted by Gasteiger charge is -2.07. The number of hydrogen-bond donors (Lipinski definition) is 1. The molecule has 0 aliphatic heterocycles. The number of benzene rings is 2. The Morgan fingerprint density at radius 3 is 2.19 bits per heavy atom. The Hall–Kier alpha value is -1.86. The lowest BCUT2D eigenvalue weighted by atomic mass is 10.1. The number of hydrogen-bond acceptors (Lipinski definition) is 3. The molecule has 0 bridgehead atoms.